The van der Waals surface area contributed by atoms with E-state index in [4.69, 9.17) is 54.7 Å². The van der Waals surface area contributed by atoms with Crippen LogP contribution in [0.5, 0.6) is 0 Å². The van der Waals surface area contributed by atoms with Crippen LogP contribution < -0.4 is 5.46 Å². The molecule has 1 fully saturated rings. The molecule has 0 radical (unpaired) electrons. The van der Waals surface area contributed by atoms with E-state index in [0.717, 1.165) is 110 Å². The van der Waals surface area contributed by atoms with Crippen molar-refractivity contribution in [2.45, 2.75) is 38.9 Å². The van der Waals surface area contributed by atoms with Crippen molar-refractivity contribution < 1.29 is 19.6 Å². The Hall–Kier alpha value is -11.1. The molecule has 14 heteroatoms. The topological polar surface area (TPSA) is 148 Å². The predicted molar refractivity (Wildman–Crippen MR) is 371 cm³/mol. The minimum atomic E-state index is -0.409. The first-order valence-corrected chi connectivity index (χ1v) is 30.7. The molecule has 0 N–H and O–H groups in total. The summed E-state index contributed by atoms with van der Waals surface area (Å²) in [6, 6.07) is 89.0. The lowest BCUT2D eigenvalue weighted by atomic mass is 9.78. The van der Waals surface area contributed by atoms with Crippen LogP contribution >= 0.6 is 11.6 Å². The Morgan fingerprint density at radius 2 is 0.630 bits per heavy atom. The lowest BCUT2D eigenvalue weighted by molar-refractivity contribution is 0.00578. The number of halogens is 1. The molecule has 444 valence electrons. The van der Waals surface area contributed by atoms with Crippen LogP contribution in [-0.4, -0.2) is 58.2 Å². The molecule has 0 atom stereocenters. The number of hydrogen-bond acceptors (Lipinski definition) is 12. The molecule has 12 aromatic carbocycles. The Balaban J connectivity index is 0.000000128. The molecule has 1 saturated heterocycles. The Morgan fingerprint density at radius 3 is 1.03 bits per heavy atom. The summed E-state index contributed by atoms with van der Waals surface area (Å²) in [4.78, 5) is 37.1. The lowest BCUT2D eigenvalue weighted by Crippen LogP contribution is -2.41. The van der Waals surface area contributed by atoms with Gasteiger partial charge in [0.25, 0.3) is 0 Å². The van der Waals surface area contributed by atoms with Gasteiger partial charge >= 0.3 is 7.12 Å². The number of aromatic nitrogens is 8. The zero-order valence-corrected chi connectivity index (χ0v) is 51.3. The summed E-state index contributed by atoms with van der Waals surface area (Å²) in [5.41, 5.74) is 10.0. The molecule has 0 aliphatic carbocycles. The summed E-state index contributed by atoms with van der Waals surface area (Å²) in [6.45, 7) is 8.30. The van der Waals surface area contributed by atoms with Gasteiger partial charge in [-0.1, -0.05) is 224 Å². The number of hydrogen-bond donors (Lipinski definition) is 0. The van der Waals surface area contributed by atoms with Crippen LogP contribution in [0, 0.1) is 0 Å². The maximum Gasteiger partial charge on any atom is 0.494 e. The average Bonchev–Trinajstić information content (AvgIpc) is 1.76. The van der Waals surface area contributed by atoms with Gasteiger partial charge in [-0.25, -0.2) is 29.9 Å². The first kappa shape index (κ1) is 57.4. The van der Waals surface area contributed by atoms with E-state index in [1.165, 1.54) is 0 Å². The molecule has 0 spiro atoms. The van der Waals surface area contributed by atoms with Crippen molar-refractivity contribution >= 4 is 89.5 Å². The van der Waals surface area contributed by atoms with E-state index in [1.807, 2.05) is 194 Å². The molecular formula is C78H57BClN8O4-. The van der Waals surface area contributed by atoms with Gasteiger partial charge in [0.05, 0.1) is 11.2 Å². The molecule has 5 heterocycles. The maximum absolute atomic E-state index is 6.42. The minimum absolute atomic E-state index is 0. The number of oxazole rings is 2. The van der Waals surface area contributed by atoms with E-state index in [1.54, 1.807) is 0 Å². The highest BCUT2D eigenvalue weighted by Gasteiger charge is 2.51. The number of nitrogens with zero attached hydrogens (tertiary/aromatic N) is 8. The van der Waals surface area contributed by atoms with Crippen molar-refractivity contribution in [2.24, 2.45) is 0 Å². The van der Waals surface area contributed by atoms with Gasteiger partial charge in [-0.3, -0.25) is 0 Å². The highest BCUT2D eigenvalue weighted by Crippen LogP contribution is 2.40. The summed E-state index contributed by atoms with van der Waals surface area (Å²) >= 11 is 5.99. The Bertz CT molecular complexity index is 5250. The summed E-state index contributed by atoms with van der Waals surface area (Å²) in [6.07, 6.45) is 0. The molecule has 4 aromatic heterocycles. The quantitative estimate of drug-likeness (QED) is 0.105. The Labute approximate surface area is 536 Å². The van der Waals surface area contributed by atoms with E-state index in [0.29, 0.717) is 40.9 Å². The van der Waals surface area contributed by atoms with Crippen molar-refractivity contribution in [1.29, 1.82) is 0 Å². The van der Waals surface area contributed by atoms with Gasteiger partial charge in [0.1, 0.15) is 11.0 Å². The second kappa shape index (κ2) is 24.0. The van der Waals surface area contributed by atoms with Crippen LogP contribution in [0.25, 0.3) is 145 Å². The summed E-state index contributed by atoms with van der Waals surface area (Å²) in [7, 11) is -0.409. The highest BCUT2D eigenvalue weighted by molar-refractivity contribution is 6.62. The van der Waals surface area contributed by atoms with Crippen molar-refractivity contribution in [3.63, 3.8) is 0 Å². The van der Waals surface area contributed by atoms with E-state index in [9.17, 15) is 0 Å². The highest BCUT2D eigenvalue weighted by atomic mass is 35.5. The van der Waals surface area contributed by atoms with Gasteiger partial charge in [0, 0.05) is 49.7 Å². The van der Waals surface area contributed by atoms with E-state index >= 15 is 0 Å². The molecule has 16 aromatic rings. The van der Waals surface area contributed by atoms with Crippen LogP contribution in [0.4, 0.5) is 0 Å². The van der Waals surface area contributed by atoms with E-state index < -0.39 is 7.12 Å². The largest absolute Gasteiger partial charge is 1.00 e. The van der Waals surface area contributed by atoms with Crippen molar-refractivity contribution in [1.82, 2.24) is 39.9 Å². The molecule has 0 amide bonds. The standard InChI is InChI=1S/C36H22N4O.C27H24BNO3.C15H10ClN3.H/c1-4-10-25(11-5-1)33-38-34(26-12-6-2-7-13-26)40-35(39-33)28-19-17-23-16-18-24-20-21-30-32(31(24)29(23)22-28)41-36(37-30)27-14-8-3-9-15-27;1-26(2)27(3,4)32-28(31-26)20-14-12-17-10-11-18-13-15-22-24(23(18)21(17)16-20)30-25(29-22)19-8-6-5-7-9-19;16-15-18-13(11-7-3-1-4-8-11)17-14(19-15)12-9-5-2-6-10-12;/h1-22H;5-16H,1-4H3;1-10H;/q;;;-1. The summed E-state index contributed by atoms with van der Waals surface area (Å²) in [5.74, 6) is 4.30. The van der Waals surface area contributed by atoms with Crippen LogP contribution in [0.15, 0.2) is 276 Å². The predicted octanol–water partition coefficient (Wildman–Crippen LogP) is 19.1. The van der Waals surface area contributed by atoms with Crippen LogP contribution in [0.1, 0.15) is 29.1 Å². The minimum Gasteiger partial charge on any atom is -1.00 e. The summed E-state index contributed by atoms with van der Waals surface area (Å²) in [5, 5.41) is 8.91. The summed E-state index contributed by atoms with van der Waals surface area (Å²) < 4.78 is 25.4. The third-order valence-electron chi connectivity index (χ3n) is 16.9. The Morgan fingerprint density at radius 1 is 0.315 bits per heavy atom. The van der Waals surface area contributed by atoms with Crippen molar-refractivity contribution in [3.8, 4) is 79.8 Å². The average molecular weight is 1220 g/mol. The van der Waals surface area contributed by atoms with Crippen LogP contribution in [0.2, 0.25) is 5.28 Å². The zero-order chi connectivity index (χ0) is 62.3. The monoisotopic (exact) mass is 1220 g/mol. The number of benzene rings is 12. The molecule has 92 heavy (non-hydrogen) atoms. The molecule has 17 rings (SSSR count). The van der Waals surface area contributed by atoms with Gasteiger partial charge in [-0.15, -0.1) is 0 Å². The van der Waals surface area contributed by atoms with Crippen molar-refractivity contribution in [2.75, 3.05) is 0 Å². The van der Waals surface area contributed by atoms with Gasteiger partial charge in [-0.2, -0.15) is 9.97 Å². The van der Waals surface area contributed by atoms with Gasteiger partial charge < -0.3 is 19.6 Å². The first-order chi connectivity index (χ1) is 44.9. The van der Waals surface area contributed by atoms with Crippen LogP contribution in [-0.2, 0) is 9.31 Å². The number of fused-ring (bicyclic) bond motifs is 10. The normalized spacial score (nSPS) is 13.3. The first-order valence-electron chi connectivity index (χ1n) is 30.3. The van der Waals surface area contributed by atoms with E-state index in [-0.39, 0.29) is 17.9 Å². The smallest absolute Gasteiger partial charge is 0.494 e. The van der Waals surface area contributed by atoms with Crippen molar-refractivity contribution in [3.05, 3.63) is 272 Å². The lowest BCUT2D eigenvalue weighted by Gasteiger charge is -2.32. The molecule has 1 aliphatic heterocycles. The third-order valence-corrected chi connectivity index (χ3v) is 17.1. The SMILES string of the molecule is CC1(C)OB(c2ccc3ccc4ccc5nc(-c6ccccc6)oc5c4c3c2)OC1(C)C.Clc1nc(-c2ccccc2)nc(-c2ccccc2)n1.[H-].c1ccc(-c2nc(-c3ccccc3)nc(-c3ccc4ccc5ccc6nc(-c7ccccc7)oc6c5c4c3)n2)cc1. The Kier molecular flexibility index (Phi) is 15.0. The second-order valence-electron chi connectivity index (χ2n) is 23.5. The fraction of sp³-hybridized carbons (Fsp3) is 0.0769. The molecule has 1 aliphatic rings. The van der Waals surface area contributed by atoms with Crippen LogP contribution in [0.3, 0.4) is 0 Å². The second-order valence-corrected chi connectivity index (χ2v) is 23.8. The third kappa shape index (κ3) is 11.3. The molecule has 0 saturated carbocycles. The molecular weight excluding hydrogens is 1160 g/mol. The van der Waals surface area contributed by atoms with Gasteiger partial charge in [-0.05, 0) is 120 Å². The molecule has 0 unspecified atom stereocenters. The number of rotatable bonds is 8. The molecule has 12 nitrogen and oxygen atoms in total. The van der Waals surface area contributed by atoms with Gasteiger partial charge in [0.2, 0.25) is 17.1 Å². The van der Waals surface area contributed by atoms with Gasteiger partial charge in [0.15, 0.2) is 40.3 Å². The molecule has 0 bridgehead atoms. The fourth-order valence-electron chi connectivity index (χ4n) is 11.5. The van der Waals surface area contributed by atoms with E-state index in [2.05, 4.69) is 115 Å². The maximum atomic E-state index is 6.42. The fourth-order valence-corrected chi connectivity index (χ4v) is 11.6. The zero-order valence-electron chi connectivity index (χ0n) is 51.6.